The number of ether oxygens (including phenoxy) is 1. The van der Waals surface area contributed by atoms with Crippen LogP contribution in [0.5, 0.6) is 5.88 Å². The van der Waals surface area contributed by atoms with Gasteiger partial charge < -0.3 is 19.9 Å². The Morgan fingerprint density at radius 3 is 2.73 bits per heavy atom. The molecular weight excluding hydrogens is 332 g/mol. The van der Waals surface area contributed by atoms with E-state index in [0.29, 0.717) is 24.5 Å². The molecule has 8 nitrogen and oxygen atoms in total. The molecule has 8 heteroatoms. The van der Waals surface area contributed by atoms with Crippen LogP contribution in [0.25, 0.3) is 0 Å². The largest absolute Gasteiger partial charge is 0.480 e. The number of piperazine rings is 1. The highest BCUT2D eigenvalue weighted by Gasteiger charge is 2.25. The van der Waals surface area contributed by atoms with Gasteiger partial charge in [0.1, 0.15) is 23.0 Å². The van der Waals surface area contributed by atoms with E-state index in [-0.39, 0.29) is 5.91 Å². The Hall–Kier alpha value is -2.90. The third-order valence-corrected chi connectivity index (χ3v) is 4.27. The van der Waals surface area contributed by atoms with Crippen LogP contribution in [0.2, 0.25) is 0 Å². The molecule has 1 aliphatic heterocycles. The van der Waals surface area contributed by atoms with Crippen molar-refractivity contribution in [2.24, 2.45) is 0 Å². The van der Waals surface area contributed by atoms with Crippen LogP contribution in [0.3, 0.4) is 0 Å². The van der Waals surface area contributed by atoms with Gasteiger partial charge in [-0.3, -0.25) is 4.79 Å². The van der Waals surface area contributed by atoms with Crippen molar-refractivity contribution >= 4 is 17.5 Å². The molecule has 2 aromatic rings. The third-order valence-electron chi connectivity index (χ3n) is 4.27. The van der Waals surface area contributed by atoms with Gasteiger partial charge in [-0.25, -0.2) is 15.0 Å². The lowest BCUT2D eigenvalue weighted by molar-refractivity contribution is 0.0742. The van der Waals surface area contributed by atoms with E-state index in [1.807, 2.05) is 24.8 Å². The second-order valence-electron chi connectivity index (χ2n) is 6.03. The van der Waals surface area contributed by atoms with E-state index in [0.717, 1.165) is 37.1 Å². The van der Waals surface area contributed by atoms with E-state index in [4.69, 9.17) is 4.74 Å². The van der Waals surface area contributed by atoms with Gasteiger partial charge in [0.25, 0.3) is 5.91 Å². The lowest BCUT2D eigenvalue weighted by Gasteiger charge is -2.35. The number of aryl methyl sites for hydroxylation is 1. The lowest BCUT2D eigenvalue weighted by atomic mass is 10.2. The molecule has 1 aliphatic rings. The minimum Gasteiger partial charge on any atom is -0.480 e. The summed E-state index contributed by atoms with van der Waals surface area (Å²) in [5, 5.41) is 3.23. The van der Waals surface area contributed by atoms with Crippen LogP contribution in [0.15, 0.2) is 24.4 Å². The van der Waals surface area contributed by atoms with E-state index < -0.39 is 0 Å². The lowest BCUT2D eigenvalue weighted by Crippen LogP contribution is -2.49. The number of carbonyl (C=O) groups is 1. The highest BCUT2D eigenvalue weighted by atomic mass is 16.5. The summed E-state index contributed by atoms with van der Waals surface area (Å²) >= 11 is 0. The Balaban J connectivity index is 1.68. The highest BCUT2D eigenvalue weighted by molar-refractivity contribution is 5.96. The van der Waals surface area contributed by atoms with Crippen molar-refractivity contribution in [3.05, 3.63) is 35.8 Å². The van der Waals surface area contributed by atoms with Gasteiger partial charge in [-0.2, -0.15) is 0 Å². The van der Waals surface area contributed by atoms with Crippen molar-refractivity contribution in [1.82, 2.24) is 19.9 Å². The molecule has 26 heavy (non-hydrogen) atoms. The zero-order valence-corrected chi connectivity index (χ0v) is 15.4. The molecule has 0 bridgehead atoms. The summed E-state index contributed by atoms with van der Waals surface area (Å²) in [6, 6.07) is 5.45. The predicted molar refractivity (Wildman–Crippen MR) is 99.8 cm³/mol. The van der Waals surface area contributed by atoms with Gasteiger partial charge in [-0.15, -0.1) is 0 Å². The number of carbonyl (C=O) groups excluding carboxylic acids is 1. The average Bonchev–Trinajstić information content (AvgIpc) is 2.67. The van der Waals surface area contributed by atoms with Crippen LogP contribution in [0, 0.1) is 6.92 Å². The van der Waals surface area contributed by atoms with Crippen molar-refractivity contribution in [3.8, 4) is 5.88 Å². The van der Waals surface area contributed by atoms with E-state index in [2.05, 4.69) is 25.2 Å². The first-order chi connectivity index (χ1) is 12.6. The molecular formula is C18H24N6O2. The summed E-state index contributed by atoms with van der Waals surface area (Å²) in [5.41, 5.74) is 0.496. The maximum absolute atomic E-state index is 12.8. The maximum atomic E-state index is 12.8. The molecule has 0 unspecified atom stereocenters. The van der Waals surface area contributed by atoms with Crippen LogP contribution >= 0.6 is 0 Å². The van der Waals surface area contributed by atoms with Gasteiger partial charge in [0.15, 0.2) is 0 Å². The molecule has 0 aliphatic carbocycles. The molecule has 0 atom stereocenters. The van der Waals surface area contributed by atoms with Crippen LogP contribution < -0.4 is 15.0 Å². The number of anilines is 2. The number of hydrogen-bond acceptors (Lipinski definition) is 7. The summed E-state index contributed by atoms with van der Waals surface area (Å²) in [6.45, 7) is 7.41. The fourth-order valence-corrected chi connectivity index (χ4v) is 3.01. The van der Waals surface area contributed by atoms with Gasteiger partial charge in [-0.1, -0.05) is 0 Å². The normalized spacial score (nSPS) is 14.3. The zero-order valence-electron chi connectivity index (χ0n) is 15.4. The molecule has 1 amide bonds. The van der Waals surface area contributed by atoms with Crippen molar-refractivity contribution in [3.63, 3.8) is 0 Å². The molecule has 0 aromatic carbocycles. The smallest absolute Gasteiger partial charge is 0.259 e. The monoisotopic (exact) mass is 356 g/mol. The van der Waals surface area contributed by atoms with Gasteiger partial charge >= 0.3 is 0 Å². The molecule has 0 radical (unpaired) electrons. The minimum atomic E-state index is -0.0539. The molecule has 0 spiro atoms. The Morgan fingerprint density at radius 1 is 1.27 bits per heavy atom. The molecule has 0 saturated carbocycles. The number of amides is 1. The summed E-state index contributed by atoms with van der Waals surface area (Å²) < 4.78 is 5.20. The van der Waals surface area contributed by atoms with E-state index in [9.17, 15) is 4.79 Å². The standard InChI is InChI=1S/C18H24N6O2/c1-4-19-15-12-16(22-13(2)21-15)23-8-10-24(11-9-23)18(25)14-6-5-7-20-17(14)26-3/h5-7,12H,4,8-11H2,1-3H3,(H,19,21,22). The fourth-order valence-electron chi connectivity index (χ4n) is 3.01. The molecule has 1 saturated heterocycles. The average molecular weight is 356 g/mol. The molecule has 1 fully saturated rings. The van der Waals surface area contributed by atoms with Crippen molar-refractivity contribution in [2.75, 3.05) is 50.1 Å². The van der Waals surface area contributed by atoms with E-state index in [1.54, 1.807) is 18.3 Å². The van der Waals surface area contributed by atoms with Gasteiger partial charge in [-0.05, 0) is 26.0 Å². The predicted octanol–water partition coefficient (Wildman–Crippen LogP) is 1.58. The second-order valence-corrected chi connectivity index (χ2v) is 6.03. The molecule has 1 N–H and O–H groups in total. The molecule has 2 aromatic heterocycles. The topological polar surface area (TPSA) is 83.5 Å². The van der Waals surface area contributed by atoms with Gasteiger partial charge in [0, 0.05) is 45.0 Å². The summed E-state index contributed by atoms with van der Waals surface area (Å²) in [7, 11) is 1.52. The van der Waals surface area contributed by atoms with Crippen LogP contribution in [0.1, 0.15) is 23.1 Å². The number of nitrogens with zero attached hydrogens (tertiary/aromatic N) is 5. The minimum absolute atomic E-state index is 0.0539. The van der Waals surface area contributed by atoms with Crippen LogP contribution in [0.4, 0.5) is 11.6 Å². The second kappa shape index (κ2) is 7.99. The SMILES string of the molecule is CCNc1cc(N2CCN(C(=O)c3cccnc3OC)CC2)nc(C)n1. The fraction of sp³-hybridized carbons (Fsp3) is 0.444. The Bertz CT molecular complexity index is 774. The number of methoxy groups -OCH3 is 1. The molecule has 3 heterocycles. The third kappa shape index (κ3) is 3.84. The van der Waals surface area contributed by atoms with E-state index in [1.165, 1.54) is 7.11 Å². The van der Waals surface area contributed by atoms with Crippen molar-refractivity contribution in [1.29, 1.82) is 0 Å². The van der Waals surface area contributed by atoms with Crippen LogP contribution in [-0.2, 0) is 0 Å². The van der Waals surface area contributed by atoms with Gasteiger partial charge in [0.05, 0.1) is 7.11 Å². The Morgan fingerprint density at radius 2 is 2.04 bits per heavy atom. The quantitative estimate of drug-likeness (QED) is 0.871. The Kier molecular flexibility index (Phi) is 5.50. The maximum Gasteiger partial charge on any atom is 0.259 e. The number of rotatable bonds is 5. The van der Waals surface area contributed by atoms with Gasteiger partial charge in [0.2, 0.25) is 5.88 Å². The molecule has 138 valence electrons. The first kappa shape index (κ1) is 17.9. The van der Waals surface area contributed by atoms with Crippen LogP contribution in [-0.4, -0.2) is 65.6 Å². The summed E-state index contributed by atoms with van der Waals surface area (Å²) in [5.74, 6) is 2.76. The zero-order chi connectivity index (χ0) is 18.5. The number of nitrogens with one attached hydrogen (secondary N) is 1. The highest BCUT2D eigenvalue weighted by Crippen LogP contribution is 2.20. The number of pyridine rings is 1. The summed E-state index contributed by atoms with van der Waals surface area (Å²) in [6.07, 6.45) is 1.62. The summed E-state index contributed by atoms with van der Waals surface area (Å²) in [4.78, 5) is 29.8. The number of aromatic nitrogens is 3. The molecule has 3 rings (SSSR count). The van der Waals surface area contributed by atoms with E-state index >= 15 is 0 Å². The van der Waals surface area contributed by atoms with Crippen molar-refractivity contribution < 1.29 is 9.53 Å². The van der Waals surface area contributed by atoms with Crippen molar-refractivity contribution in [2.45, 2.75) is 13.8 Å². The first-order valence-corrected chi connectivity index (χ1v) is 8.75. The first-order valence-electron chi connectivity index (χ1n) is 8.75. The Labute approximate surface area is 153 Å². The number of hydrogen-bond donors (Lipinski definition) is 1.